The second-order valence-electron chi connectivity index (χ2n) is 8.26. The lowest BCUT2D eigenvalue weighted by Gasteiger charge is -2.12. The Morgan fingerprint density at radius 3 is 2.67 bits per heavy atom. The Labute approximate surface area is 216 Å². The molecule has 0 saturated carbocycles. The molecule has 8 nitrogen and oxygen atoms in total. The molecule has 0 fully saturated rings. The molecular weight excluding hydrogens is 518 g/mol. The van der Waals surface area contributed by atoms with Crippen molar-refractivity contribution in [2.24, 2.45) is 0 Å². The number of aromatic amines is 1. The van der Waals surface area contributed by atoms with Crippen molar-refractivity contribution in [3.63, 3.8) is 0 Å². The molecule has 1 amide bonds. The van der Waals surface area contributed by atoms with E-state index in [1.165, 1.54) is 11.3 Å². The number of halogens is 1. The molecule has 11 heteroatoms. The summed E-state index contributed by atoms with van der Waals surface area (Å²) in [7, 11) is -3.65. The third-order valence-electron chi connectivity index (χ3n) is 5.68. The van der Waals surface area contributed by atoms with Gasteiger partial charge in [-0.15, -0.1) is 11.3 Å². The summed E-state index contributed by atoms with van der Waals surface area (Å²) < 4.78 is 26.2. The van der Waals surface area contributed by atoms with Crippen molar-refractivity contribution < 1.29 is 13.2 Å². The molecule has 0 unspecified atom stereocenters. The Bertz CT molecular complexity index is 1730. The minimum atomic E-state index is -3.65. The molecule has 0 radical (unpaired) electrons. The molecule has 0 bridgehead atoms. The molecule has 182 valence electrons. The first-order valence-electron chi connectivity index (χ1n) is 10.8. The summed E-state index contributed by atoms with van der Waals surface area (Å²) >= 11 is 7.70. The van der Waals surface area contributed by atoms with Crippen LogP contribution in [0.25, 0.3) is 22.0 Å². The number of hydrogen-bond donors (Lipinski definition) is 2. The number of aryl methyl sites for hydroxylation is 2. The Morgan fingerprint density at radius 1 is 1.11 bits per heavy atom. The summed E-state index contributed by atoms with van der Waals surface area (Å²) in [6.45, 7) is 3.59. The lowest BCUT2D eigenvalue weighted by atomic mass is 10.0. The van der Waals surface area contributed by atoms with Crippen molar-refractivity contribution in [3.05, 3.63) is 87.2 Å². The molecule has 0 saturated heterocycles. The number of nitrogens with zero attached hydrogens (tertiary/aromatic N) is 3. The maximum absolute atomic E-state index is 13.1. The molecule has 5 aromatic rings. The molecule has 3 heterocycles. The first kappa shape index (κ1) is 24.1. The van der Waals surface area contributed by atoms with Gasteiger partial charge in [-0.25, -0.2) is 18.4 Å². The quantitative estimate of drug-likeness (QED) is 0.273. The Kier molecular flexibility index (Phi) is 6.33. The third kappa shape index (κ3) is 4.75. The fourth-order valence-electron chi connectivity index (χ4n) is 3.92. The number of benzene rings is 2. The number of nitrogens with one attached hydrogen (secondary N) is 2. The van der Waals surface area contributed by atoms with Crippen LogP contribution in [-0.2, 0) is 15.6 Å². The fourth-order valence-corrected chi connectivity index (χ4v) is 6.39. The zero-order valence-corrected chi connectivity index (χ0v) is 21.6. The molecule has 0 spiro atoms. The number of pyridine rings is 1. The van der Waals surface area contributed by atoms with Gasteiger partial charge >= 0.3 is 0 Å². The maximum Gasteiger partial charge on any atom is 0.275 e. The zero-order valence-electron chi connectivity index (χ0n) is 19.2. The van der Waals surface area contributed by atoms with Crippen molar-refractivity contribution in [1.29, 1.82) is 0 Å². The van der Waals surface area contributed by atoms with Crippen molar-refractivity contribution in [2.45, 2.75) is 24.5 Å². The van der Waals surface area contributed by atoms with E-state index in [2.05, 4.69) is 25.5 Å². The highest BCUT2D eigenvalue weighted by atomic mass is 35.5. The third-order valence-corrected chi connectivity index (χ3v) is 8.61. The largest absolute Gasteiger partial charge is 0.320 e. The topological polar surface area (TPSA) is 118 Å². The number of aromatic nitrogens is 4. The van der Waals surface area contributed by atoms with Crippen molar-refractivity contribution in [3.8, 4) is 11.1 Å². The van der Waals surface area contributed by atoms with Crippen LogP contribution >= 0.6 is 22.9 Å². The molecule has 0 aliphatic heterocycles. The van der Waals surface area contributed by atoms with Gasteiger partial charge in [-0.05, 0) is 49.2 Å². The predicted octanol–water partition coefficient (Wildman–Crippen LogP) is 5.58. The molecule has 5 rings (SSSR count). The predicted molar refractivity (Wildman–Crippen MR) is 141 cm³/mol. The molecule has 0 atom stereocenters. The summed E-state index contributed by atoms with van der Waals surface area (Å²) in [5.41, 5.74) is 3.96. The molecule has 0 aliphatic carbocycles. The van der Waals surface area contributed by atoms with Crippen molar-refractivity contribution >= 4 is 55.3 Å². The van der Waals surface area contributed by atoms with Gasteiger partial charge in [0.1, 0.15) is 10.8 Å². The number of hydrogen-bond acceptors (Lipinski definition) is 7. The van der Waals surface area contributed by atoms with E-state index < -0.39 is 9.84 Å². The fraction of sp³-hybridized carbons (Fsp3) is 0.120. The first-order chi connectivity index (χ1) is 17.2. The lowest BCUT2D eigenvalue weighted by Crippen LogP contribution is -2.12. The van der Waals surface area contributed by atoms with E-state index in [1.807, 2.05) is 13.0 Å². The van der Waals surface area contributed by atoms with Gasteiger partial charge in [0, 0.05) is 28.1 Å². The SMILES string of the molecule is Cc1nc(C(=O)Nc2cc(-c3cnc(Cl)c(CS(=O)(=O)c4ccccc4C)c3)cc3[nH]ncc23)cs1. The van der Waals surface area contributed by atoms with Gasteiger partial charge in [0.15, 0.2) is 9.84 Å². The number of thiazole rings is 1. The van der Waals surface area contributed by atoms with Crippen LogP contribution < -0.4 is 5.32 Å². The van der Waals surface area contributed by atoms with E-state index in [1.54, 1.807) is 61.1 Å². The molecule has 2 aromatic carbocycles. The van der Waals surface area contributed by atoms with Crippen LogP contribution in [0.1, 0.15) is 26.6 Å². The molecule has 2 N–H and O–H groups in total. The van der Waals surface area contributed by atoms with E-state index in [9.17, 15) is 13.2 Å². The Balaban J connectivity index is 1.52. The summed E-state index contributed by atoms with van der Waals surface area (Å²) in [5, 5.41) is 13.3. The summed E-state index contributed by atoms with van der Waals surface area (Å²) in [5.74, 6) is -0.630. The summed E-state index contributed by atoms with van der Waals surface area (Å²) in [6.07, 6.45) is 3.19. The summed E-state index contributed by atoms with van der Waals surface area (Å²) in [4.78, 5) is 21.5. The number of fused-ring (bicyclic) bond motifs is 1. The second-order valence-corrected chi connectivity index (χ2v) is 11.6. The first-order valence-corrected chi connectivity index (χ1v) is 13.8. The number of sulfone groups is 1. The second kappa shape index (κ2) is 9.45. The van der Waals surface area contributed by atoms with Crippen LogP contribution in [0.5, 0.6) is 0 Å². The van der Waals surface area contributed by atoms with Crippen LogP contribution in [0.4, 0.5) is 5.69 Å². The highest BCUT2D eigenvalue weighted by Crippen LogP contribution is 2.32. The van der Waals surface area contributed by atoms with Crippen LogP contribution in [0.15, 0.2) is 65.1 Å². The number of amides is 1. The minimum absolute atomic E-state index is 0.117. The van der Waals surface area contributed by atoms with Gasteiger partial charge in [0.05, 0.1) is 33.1 Å². The van der Waals surface area contributed by atoms with Crippen LogP contribution in [-0.4, -0.2) is 34.5 Å². The van der Waals surface area contributed by atoms with Crippen LogP contribution in [0, 0.1) is 13.8 Å². The standard InChI is InChI=1S/C25H20ClN5O3S2/c1-14-5-3-4-6-23(14)36(33,34)13-18-7-17(10-27-24(18)26)16-8-20(19-11-28-31-21(19)9-16)30-25(32)22-12-35-15(2)29-22/h3-12H,13H2,1-2H3,(H,28,31)(H,30,32). The molecule has 36 heavy (non-hydrogen) atoms. The Morgan fingerprint density at radius 2 is 1.92 bits per heavy atom. The van der Waals surface area contributed by atoms with Gasteiger partial charge in [0.2, 0.25) is 0 Å². The number of carbonyl (C=O) groups is 1. The number of carbonyl (C=O) groups excluding carboxylic acids is 1. The maximum atomic E-state index is 13.1. The molecule has 3 aromatic heterocycles. The van der Waals surface area contributed by atoms with Gasteiger partial charge in [0.25, 0.3) is 5.91 Å². The Hall–Kier alpha value is -3.60. The monoisotopic (exact) mass is 537 g/mol. The molecular formula is C25H20ClN5O3S2. The average Bonchev–Trinajstić information content (AvgIpc) is 3.49. The van der Waals surface area contributed by atoms with Gasteiger partial charge in [-0.2, -0.15) is 5.10 Å². The van der Waals surface area contributed by atoms with Crippen molar-refractivity contribution in [1.82, 2.24) is 20.2 Å². The van der Waals surface area contributed by atoms with E-state index in [-0.39, 0.29) is 21.7 Å². The zero-order chi connectivity index (χ0) is 25.4. The number of anilines is 1. The van der Waals surface area contributed by atoms with E-state index in [0.29, 0.717) is 39.2 Å². The normalized spacial score (nSPS) is 11.6. The lowest BCUT2D eigenvalue weighted by molar-refractivity contribution is 0.102. The smallest absolute Gasteiger partial charge is 0.275 e. The van der Waals surface area contributed by atoms with Crippen LogP contribution in [0.3, 0.4) is 0 Å². The number of H-pyrrole nitrogens is 1. The highest BCUT2D eigenvalue weighted by molar-refractivity contribution is 7.90. The van der Waals surface area contributed by atoms with E-state index in [0.717, 1.165) is 10.4 Å². The highest BCUT2D eigenvalue weighted by Gasteiger charge is 2.21. The van der Waals surface area contributed by atoms with Crippen molar-refractivity contribution in [2.75, 3.05) is 5.32 Å². The van der Waals surface area contributed by atoms with E-state index >= 15 is 0 Å². The van der Waals surface area contributed by atoms with E-state index in [4.69, 9.17) is 11.6 Å². The summed E-state index contributed by atoms with van der Waals surface area (Å²) in [6, 6.07) is 12.2. The minimum Gasteiger partial charge on any atom is -0.320 e. The average molecular weight is 538 g/mol. The van der Waals surface area contributed by atoms with Gasteiger partial charge in [-0.1, -0.05) is 29.8 Å². The van der Waals surface area contributed by atoms with Gasteiger partial charge < -0.3 is 5.32 Å². The van der Waals surface area contributed by atoms with Crippen LogP contribution in [0.2, 0.25) is 5.15 Å². The van der Waals surface area contributed by atoms with Gasteiger partial charge in [-0.3, -0.25) is 9.89 Å². The number of rotatable bonds is 6. The molecule has 0 aliphatic rings.